The molecular weight excluding hydrogens is 228 g/mol. The Morgan fingerprint density at radius 3 is 2.12 bits per heavy atom. The molecule has 2 fully saturated rings. The van der Waals surface area contributed by atoms with E-state index >= 15 is 0 Å². The van der Waals surface area contributed by atoms with Gasteiger partial charge in [-0.3, -0.25) is 4.79 Å². The molecule has 1 atom stereocenters. The lowest BCUT2D eigenvalue weighted by Gasteiger charge is -2.26. The van der Waals surface area contributed by atoms with Gasteiger partial charge in [0.25, 0.3) is 0 Å². The molecule has 0 aromatic carbocycles. The average molecular weight is 255 g/mol. The van der Waals surface area contributed by atoms with Gasteiger partial charge >= 0.3 is 0 Å². The normalized spacial score (nSPS) is 25.4. The van der Waals surface area contributed by atoms with Crippen molar-refractivity contribution in [3.05, 3.63) is 0 Å². The Balaban J connectivity index is 2.01. The quantitative estimate of drug-likeness (QED) is 0.702. The van der Waals surface area contributed by atoms with Crippen LogP contribution in [0.5, 0.6) is 0 Å². The first-order chi connectivity index (χ1) is 8.20. The van der Waals surface area contributed by atoms with Crippen molar-refractivity contribution < 1.29 is 4.79 Å². The molecule has 1 saturated carbocycles. The molecular formula is C15H27OS+. The number of ketones is 1. The Hall–Kier alpha value is 0.0200. The summed E-state index contributed by atoms with van der Waals surface area (Å²) >= 11 is 0. The first-order valence-corrected chi connectivity index (χ1v) is 9.03. The molecule has 1 heterocycles. The fourth-order valence-electron chi connectivity index (χ4n) is 3.43. The molecule has 1 nitrogen and oxygen atoms in total. The van der Waals surface area contributed by atoms with Crippen LogP contribution >= 0.6 is 0 Å². The van der Waals surface area contributed by atoms with Crippen LogP contribution in [0.3, 0.4) is 0 Å². The van der Waals surface area contributed by atoms with Crippen molar-refractivity contribution >= 4 is 16.7 Å². The van der Waals surface area contributed by atoms with Crippen LogP contribution in [0.2, 0.25) is 0 Å². The molecule has 0 aromatic heterocycles. The van der Waals surface area contributed by atoms with Gasteiger partial charge in [-0.25, -0.2) is 0 Å². The molecule has 98 valence electrons. The summed E-state index contributed by atoms with van der Waals surface area (Å²) in [6, 6.07) is 0. The molecule has 0 bridgehead atoms. The monoisotopic (exact) mass is 255 g/mol. The van der Waals surface area contributed by atoms with E-state index in [1.165, 1.54) is 56.5 Å². The summed E-state index contributed by atoms with van der Waals surface area (Å²) in [4.78, 5) is 12.7. The Kier molecular flexibility index (Phi) is 4.96. The molecule has 1 saturated heterocycles. The summed E-state index contributed by atoms with van der Waals surface area (Å²) in [6.45, 7) is 4.52. The zero-order valence-electron chi connectivity index (χ0n) is 11.4. The molecule has 2 aliphatic rings. The van der Waals surface area contributed by atoms with E-state index in [0.717, 1.165) is 0 Å². The van der Waals surface area contributed by atoms with Gasteiger partial charge in [0.15, 0.2) is 11.0 Å². The molecule has 1 aliphatic carbocycles. The molecule has 17 heavy (non-hydrogen) atoms. The molecule has 2 rings (SSSR count). The molecule has 0 spiro atoms. The van der Waals surface area contributed by atoms with Crippen molar-refractivity contribution in [2.24, 2.45) is 11.8 Å². The highest BCUT2D eigenvalue weighted by Gasteiger charge is 2.43. The maximum absolute atomic E-state index is 12.7. The van der Waals surface area contributed by atoms with Crippen molar-refractivity contribution in [2.75, 3.05) is 11.5 Å². The first-order valence-electron chi connectivity index (χ1n) is 7.40. The average Bonchev–Trinajstić information content (AvgIpc) is 2.83. The topological polar surface area (TPSA) is 17.1 Å². The van der Waals surface area contributed by atoms with Crippen molar-refractivity contribution in [1.82, 2.24) is 0 Å². The Morgan fingerprint density at radius 2 is 1.59 bits per heavy atom. The minimum absolute atomic E-state index is 0.403. The van der Waals surface area contributed by atoms with Gasteiger partial charge in [0.05, 0.1) is 0 Å². The third-order valence-corrected chi connectivity index (χ3v) is 7.44. The predicted octanol–water partition coefficient (Wildman–Crippen LogP) is 3.57. The second kappa shape index (κ2) is 6.26. The van der Waals surface area contributed by atoms with Gasteiger partial charge in [-0.15, -0.1) is 0 Å². The van der Waals surface area contributed by atoms with E-state index < -0.39 is 0 Å². The summed E-state index contributed by atoms with van der Waals surface area (Å²) < 4.78 is 0. The Morgan fingerprint density at radius 1 is 1.00 bits per heavy atom. The molecule has 2 heteroatoms. The van der Waals surface area contributed by atoms with E-state index in [9.17, 15) is 4.79 Å². The van der Waals surface area contributed by atoms with Crippen molar-refractivity contribution in [3.8, 4) is 0 Å². The fourth-order valence-corrected chi connectivity index (χ4v) is 6.58. The van der Waals surface area contributed by atoms with Gasteiger partial charge in [0.2, 0.25) is 0 Å². The minimum Gasteiger partial charge on any atom is -0.294 e. The molecule has 0 radical (unpaired) electrons. The van der Waals surface area contributed by atoms with Crippen LogP contribution in [0.15, 0.2) is 0 Å². The zero-order chi connectivity index (χ0) is 12.3. The first kappa shape index (κ1) is 13.5. The molecule has 0 N–H and O–H groups in total. The third kappa shape index (κ3) is 3.27. The van der Waals surface area contributed by atoms with E-state index in [-0.39, 0.29) is 0 Å². The lowest BCUT2D eigenvalue weighted by atomic mass is 9.83. The van der Waals surface area contributed by atoms with Gasteiger partial charge in [-0.2, -0.15) is 0 Å². The maximum Gasteiger partial charge on any atom is 0.188 e. The van der Waals surface area contributed by atoms with Crippen LogP contribution < -0.4 is 0 Å². The third-order valence-electron chi connectivity index (χ3n) is 4.32. The molecule has 0 aromatic rings. The molecule has 0 amide bonds. The van der Waals surface area contributed by atoms with E-state index in [1.807, 2.05) is 0 Å². The van der Waals surface area contributed by atoms with Crippen LogP contribution in [-0.4, -0.2) is 22.5 Å². The maximum atomic E-state index is 12.7. The van der Waals surface area contributed by atoms with Gasteiger partial charge in [-0.1, -0.05) is 33.1 Å². The highest BCUT2D eigenvalue weighted by Crippen LogP contribution is 2.32. The lowest BCUT2D eigenvalue weighted by Crippen LogP contribution is -2.40. The molecule has 1 unspecified atom stereocenters. The number of hydrogen-bond donors (Lipinski definition) is 0. The number of carbonyl (C=O) groups excluding carboxylic acids is 1. The summed E-state index contributed by atoms with van der Waals surface area (Å²) in [7, 11) is 0.423. The van der Waals surface area contributed by atoms with Crippen LogP contribution in [0.25, 0.3) is 0 Å². The predicted molar refractivity (Wildman–Crippen MR) is 76.5 cm³/mol. The number of hydrogen-bond acceptors (Lipinski definition) is 1. The standard InChI is InChI=1S/C15H27OS/c1-12(2)15(17-10-6-7-11-17)14(16)13-8-4-3-5-9-13/h12-13,15H,3-11H2,1-2H3/q+1. The van der Waals surface area contributed by atoms with Crippen molar-refractivity contribution in [3.63, 3.8) is 0 Å². The Labute approximate surface area is 109 Å². The van der Waals surface area contributed by atoms with E-state index in [0.29, 0.717) is 33.8 Å². The second-order valence-corrected chi connectivity index (χ2v) is 8.45. The van der Waals surface area contributed by atoms with E-state index in [4.69, 9.17) is 0 Å². The van der Waals surface area contributed by atoms with Crippen molar-refractivity contribution in [1.29, 1.82) is 0 Å². The minimum atomic E-state index is 0.403. The molecule has 1 aliphatic heterocycles. The van der Waals surface area contributed by atoms with Gasteiger partial charge in [0, 0.05) is 11.8 Å². The number of Topliss-reactive ketones (excluding diaryl/α,β-unsaturated/α-hetero) is 1. The van der Waals surface area contributed by atoms with Crippen LogP contribution in [0.4, 0.5) is 0 Å². The smallest absolute Gasteiger partial charge is 0.188 e. The second-order valence-electron chi connectivity index (χ2n) is 6.05. The van der Waals surface area contributed by atoms with Gasteiger partial charge in [0.1, 0.15) is 11.5 Å². The highest BCUT2D eigenvalue weighted by molar-refractivity contribution is 7.98. The van der Waals surface area contributed by atoms with Crippen LogP contribution in [0.1, 0.15) is 58.8 Å². The zero-order valence-corrected chi connectivity index (χ0v) is 12.2. The largest absolute Gasteiger partial charge is 0.294 e. The van der Waals surface area contributed by atoms with E-state index in [2.05, 4.69) is 13.8 Å². The summed E-state index contributed by atoms with van der Waals surface area (Å²) in [5.41, 5.74) is 0. The van der Waals surface area contributed by atoms with Gasteiger partial charge < -0.3 is 0 Å². The lowest BCUT2D eigenvalue weighted by molar-refractivity contribution is -0.124. The summed E-state index contributed by atoms with van der Waals surface area (Å²) in [6.07, 6.45) is 9.01. The van der Waals surface area contributed by atoms with E-state index in [1.54, 1.807) is 0 Å². The fraction of sp³-hybridized carbons (Fsp3) is 0.933. The SMILES string of the molecule is CC(C)C(C(=O)C1CCCCC1)[S+]1CCCC1. The van der Waals surface area contributed by atoms with Crippen molar-refractivity contribution in [2.45, 2.75) is 64.0 Å². The summed E-state index contributed by atoms with van der Waals surface area (Å²) in [5, 5.41) is 0.403. The summed E-state index contributed by atoms with van der Waals surface area (Å²) in [5.74, 6) is 4.29. The van der Waals surface area contributed by atoms with Crippen LogP contribution in [0, 0.1) is 11.8 Å². The Bertz CT molecular complexity index is 250. The number of rotatable bonds is 4. The number of carbonyl (C=O) groups is 1. The highest BCUT2D eigenvalue weighted by atomic mass is 32.2. The van der Waals surface area contributed by atoms with Crippen LogP contribution in [-0.2, 0) is 15.7 Å². The van der Waals surface area contributed by atoms with Gasteiger partial charge in [-0.05, 0) is 36.6 Å².